The van der Waals surface area contributed by atoms with E-state index in [1.165, 1.54) is 7.11 Å². The van der Waals surface area contributed by atoms with Gasteiger partial charge in [0.2, 0.25) is 0 Å². The van der Waals surface area contributed by atoms with E-state index in [0.29, 0.717) is 35.0 Å². The molecule has 2 amide bonds. The van der Waals surface area contributed by atoms with Crippen molar-refractivity contribution in [1.29, 1.82) is 0 Å². The predicted molar refractivity (Wildman–Crippen MR) is 135 cm³/mol. The van der Waals surface area contributed by atoms with Crippen LogP contribution in [0.15, 0.2) is 84.9 Å². The van der Waals surface area contributed by atoms with Gasteiger partial charge in [-0.2, -0.15) is 0 Å². The molecule has 0 aliphatic heterocycles. The van der Waals surface area contributed by atoms with E-state index in [9.17, 15) is 9.59 Å². The first-order valence-electron chi connectivity index (χ1n) is 11.1. The summed E-state index contributed by atoms with van der Waals surface area (Å²) in [7, 11) is 3.06. The van der Waals surface area contributed by atoms with Gasteiger partial charge in [0, 0.05) is 12.6 Å². The summed E-state index contributed by atoms with van der Waals surface area (Å²) in [5.41, 5.74) is 1.83. The lowest BCUT2D eigenvalue weighted by molar-refractivity contribution is -0.118. The molecule has 4 aromatic rings. The molecule has 0 radical (unpaired) electrons. The summed E-state index contributed by atoms with van der Waals surface area (Å²) in [6.07, 6.45) is 0. The number of carbonyl (C=O) groups excluding carboxylic acids is 2. The van der Waals surface area contributed by atoms with Crippen molar-refractivity contribution in [3.05, 3.63) is 96.1 Å². The van der Waals surface area contributed by atoms with Crippen molar-refractivity contribution >= 4 is 28.3 Å². The van der Waals surface area contributed by atoms with Gasteiger partial charge in [0.05, 0.1) is 25.5 Å². The summed E-state index contributed by atoms with van der Waals surface area (Å²) >= 11 is 0. The minimum atomic E-state index is -0.391. The van der Waals surface area contributed by atoms with Gasteiger partial charge in [0.25, 0.3) is 11.8 Å². The molecule has 0 fully saturated rings. The minimum Gasteiger partial charge on any atom is -0.497 e. The number of benzene rings is 4. The quantitative estimate of drug-likeness (QED) is 0.367. The monoisotopic (exact) mass is 470 g/mol. The smallest absolute Gasteiger partial charge is 0.262 e. The Morgan fingerprint density at radius 2 is 1.49 bits per heavy atom. The first-order chi connectivity index (χ1) is 17.1. The lowest BCUT2D eigenvalue weighted by atomic mass is 10.1. The van der Waals surface area contributed by atoms with E-state index in [0.717, 1.165) is 16.3 Å². The Labute approximate surface area is 203 Å². The number of hydrogen-bond donors (Lipinski definition) is 2. The normalized spacial score (nSPS) is 10.5. The van der Waals surface area contributed by atoms with E-state index in [-0.39, 0.29) is 12.5 Å². The molecule has 178 valence electrons. The molecular formula is C28H26N2O5. The number of ether oxygens (including phenoxy) is 3. The van der Waals surface area contributed by atoms with Crippen molar-refractivity contribution in [3.63, 3.8) is 0 Å². The lowest BCUT2D eigenvalue weighted by Crippen LogP contribution is -2.25. The van der Waals surface area contributed by atoms with E-state index >= 15 is 0 Å². The molecule has 0 heterocycles. The molecule has 7 nitrogen and oxygen atoms in total. The zero-order valence-corrected chi connectivity index (χ0v) is 19.5. The van der Waals surface area contributed by atoms with Crippen molar-refractivity contribution in [1.82, 2.24) is 5.32 Å². The molecule has 7 heteroatoms. The van der Waals surface area contributed by atoms with Crippen molar-refractivity contribution in [2.24, 2.45) is 0 Å². The number of hydrogen-bond acceptors (Lipinski definition) is 5. The van der Waals surface area contributed by atoms with Gasteiger partial charge in [0.15, 0.2) is 6.61 Å². The topological polar surface area (TPSA) is 85.9 Å². The van der Waals surface area contributed by atoms with Crippen LogP contribution in [-0.2, 0) is 11.3 Å². The summed E-state index contributed by atoms with van der Waals surface area (Å²) in [6, 6.07) is 25.9. The molecule has 2 N–H and O–H groups in total. The number of carbonyl (C=O) groups is 2. The van der Waals surface area contributed by atoms with Crippen LogP contribution >= 0.6 is 0 Å². The Bertz CT molecular complexity index is 1340. The van der Waals surface area contributed by atoms with Crippen molar-refractivity contribution < 1.29 is 23.8 Å². The van der Waals surface area contributed by atoms with E-state index in [2.05, 4.69) is 10.6 Å². The van der Waals surface area contributed by atoms with Gasteiger partial charge in [-0.1, -0.05) is 54.6 Å². The number of fused-ring (bicyclic) bond motifs is 1. The molecule has 0 aromatic heterocycles. The summed E-state index contributed by atoms with van der Waals surface area (Å²) in [4.78, 5) is 25.7. The lowest BCUT2D eigenvalue weighted by Gasteiger charge is -2.15. The molecule has 0 aliphatic rings. The first-order valence-corrected chi connectivity index (χ1v) is 11.1. The van der Waals surface area contributed by atoms with Gasteiger partial charge in [0.1, 0.15) is 17.2 Å². The maximum Gasteiger partial charge on any atom is 0.262 e. The number of rotatable bonds is 9. The average molecular weight is 471 g/mol. The van der Waals surface area contributed by atoms with Crippen LogP contribution in [0.2, 0.25) is 0 Å². The average Bonchev–Trinajstić information content (AvgIpc) is 2.90. The molecule has 0 atom stereocenters. The third-order valence-electron chi connectivity index (χ3n) is 5.43. The summed E-state index contributed by atoms with van der Waals surface area (Å²) in [5.74, 6) is 0.720. The maximum absolute atomic E-state index is 13.0. The third-order valence-corrected chi connectivity index (χ3v) is 5.43. The molecule has 0 saturated carbocycles. The Kier molecular flexibility index (Phi) is 7.47. The van der Waals surface area contributed by atoms with Crippen LogP contribution in [0.4, 0.5) is 5.69 Å². The Morgan fingerprint density at radius 1 is 0.771 bits per heavy atom. The molecular weight excluding hydrogens is 444 g/mol. The van der Waals surface area contributed by atoms with Crippen LogP contribution in [0.5, 0.6) is 17.2 Å². The van der Waals surface area contributed by atoms with Gasteiger partial charge in [-0.15, -0.1) is 0 Å². The second kappa shape index (κ2) is 11.1. The van der Waals surface area contributed by atoms with Crippen molar-refractivity contribution in [2.45, 2.75) is 6.54 Å². The van der Waals surface area contributed by atoms with Crippen LogP contribution < -0.4 is 24.8 Å². The van der Waals surface area contributed by atoms with E-state index in [4.69, 9.17) is 14.2 Å². The number of anilines is 1. The molecule has 4 aromatic carbocycles. The highest BCUT2D eigenvalue weighted by Gasteiger charge is 2.16. The van der Waals surface area contributed by atoms with Crippen molar-refractivity contribution in [3.8, 4) is 17.2 Å². The molecule has 0 saturated heterocycles. The second-order valence-electron chi connectivity index (χ2n) is 7.77. The number of methoxy groups -OCH3 is 2. The fourth-order valence-electron chi connectivity index (χ4n) is 3.62. The highest BCUT2D eigenvalue weighted by molar-refractivity contribution is 6.02. The molecule has 0 unspecified atom stereocenters. The molecule has 4 rings (SSSR count). The minimum absolute atomic E-state index is 0.285. The first kappa shape index (κ1) is 23.6. The second-order valence-corrected chi connectivity index (χ2v) is 7.77. The Balaban J connectivity index is 1.50. The largest absolute Gasteiger partial charge is 0.497 e. The number of amides is 2. The fraction of sp³-hybridized carbons (Fsp3) is 0.143. The third kappa shape index (κ3) is 5.89. The summed E-state index contributed by atoms with van der Waals surface area (Å²) in [6.45, 7) is 0.0934. The highest BCUT2D eigenvalue weighted by Crippen LogP contribution is 2.29. The van der Waals surface area contributed by atoms with Gasteiger partial charge < -0.3 is 24.8 Å². The SMILES string of the molecule is COc1ccc(NC(=O)COc2cc3ccccc3cc2C(=O)NCc2ccccc2)c(OC)c1. The molecule has 0 aliphatic carbocycles. The van der Waals surface area contributed by atoms with Gasteiger partial charge in [-0.25, -0.2) is 0 Å². The standard InChI is InChI=1S/C28H26N2O5/c1-33-22-12-13-24(26(16-22)34-2)30-27(31)18-35-25-15-21-11-7-6-10-20(21)14-23(25)28(32)29-17-19-8-4-3-5-9-19/h3-16H,17-18H2,1-2H3,(H,29,32)(H,30,31). The predicted octanol–water partition coefficient (Wildman–Crippen LogP) is 4.80. The van der Waals surface area contributed by atoms with Crippen LogP contribution in [0, 0.1) is 0 Å². The molecule has 0 spiro atoms. The Hall–Kier alpha value is -4.52. The summed E-state index contributed by atoms with van der Waals surface area (Å²) < 4.78 is 16.3. The maximum atomic E-state index is 13.0. The number of nitrogens with one attached hydrogen (secondary N) is 2. The highest BCUT2D eigenvalue weighted by atomic mass is 16.5. The fourth-order valence-corrected chi connectivity index (χ4v) is 3.62. The Morgan fingerprint density at radius 3 is 2.20 bits per heavy atom. The van der Waals surface area contributed by atoms with Crippen LogP contribution in [0.3, 0.4) is 0 Å². The zero-order chi connectivity index (χ0) is 24.6. The van der Waals surface area contributed by atoms with Crippen LogP contribution in [0.25, 0.3) is 10.8 Å². The van der Waals surface area contributed by atoms with E-state index < -0.39 is 5.91 Å². The summed E-state index contributed by atoms with van der Waals surface area (Å²) in [5, 5.41) is 7.50. The van der Waals surface area contributed by atoms with Gasteiger partial charge in [-0.05, 0) is 40.6 Å². The van der Waals surface area contributed by atoms with Crippen molar-refractivity contribution in [2.75, 3.05) is 26.1 Å². The molecule has 35 heavy (non-hydrogen) atoms. The molecule has 0 bridgehead atoms. The van der Waals surface area contributed by atoms with Gasteiger partial charge >= 0.3 is 0 Å². The van der Waals surface area contributed by atoms with Crippen LogP contribution in [0.1, 0.15) is 15.9 Å². The van der Waals surface area contributed by atoms with E-state index in [1.54, 1.807) is 37.4 Å². The zero-order valence-electron chi connectivity index (χ0n) is 19.5. The van der Waals surface area contributed by atoms with Crippen LogP contribution in [-0.4, -0.2) is 32.6 Å². The van der Waals surface area contributed by atoms with Gasteiger partial charge in [-0.3, -0.25) is 9.59 Å². The van der Waals surface area contributed by atoms with E-state index in [1.807, 2.05) is 54.6 Å².